The van der Waals surface area contributed by atoms with Crippen molar-refractivity contribution in [1.29, 1.82) is 0 Å². The van der Waals surface area contributed by atoms with E-state index in [1.54, 1.807) is 57.4 Å². The molecule has 39 heavy (non-hydrogen) atoms. The van der Waals surface area contributed by atoms with E-state index in [0.717, 1.165) is 22.3 Å². The molecule has 4 rings (SSSR count). The molecule has 0 aromatic heterocycles. The number of aliphatic hydroxyl groups excluding tert-OH is 1. The lowest BCUT2D eigenvalue weighted by atomic mass is 9.92. The van der Waals surface area contributed by atoms with Crippen molar-refractivity contribution in [3.63, 3.8) is 0 Å². The first-order valence-corrected chi connectivity index (χ1v) is 12.8. The maximum Gasteiger partial charge on any atom is 0.338 e. The Morgan fingerprint density at radius 2 is 1.67 bits per heavy atom. The van der Waals surface area contributed by atoms with Crippen molar-refractivity contribution in [1.82, 2.24) is 4.90 Å². The Kier molecular flexibility index (Phi) is 7.90. The molecular weight excluding hydrogens is 494 g/mol. The zero-order chi connectivity index (χ0) is 28.4. The molecule has 0 bridgehead atoms. The van der Waals surface area contributed by atoms with Crippen molar-refractivity contribution >= 4 is 23.4 Å². The van der Waals surface area contributed by atoms with Gasteiger partial charge in [0.15, 0.2) is 0 Å². The maximum absolute atomic E-state index is 13.5. The molecule has 202 valence electrons. The van der Waals surface area contributed by atoms with Gasteiger partial charge >= 0.3 is 5.97 Å². The van der Waals surface area contributed by atoms with Gasteiger partial charge < -0.3 is 19.5 Å². The van der Waals surface area contributed by atoms with Gasteiger partial charge in [-0.25, -0.2) is 4.79 Å². The molecule has 1 amide bonds. The second kappa shape index (κ2) is 11.2. The molecule has 1 aliphatic heterocycles. The third kappa shape index (κ3) is 5.58. The van der Waals surface area contributed by atoms with Crippen molar-refractivity contribution in [2.24, 2.45) is 0 Å². The van der Waals surface area contributed by atoms with Crippen LogP contribution in [0.25, 0.3) is 5.76 Å². The van der Waals surface area contributed by atoms with Gasteiger partial charge in [-0.2, -0.15) is 0 Å². The van der Waals surface area contributed by atoms with Crippen molar-refractivity contribution in [2.75, 3.05) is 7.11 Å². The van der Waals surface area contributed by atoms with Crippen LogP contribution in [-0.4, -0.2) is 40.9 Å². The minimum atomic E-state index is -0.794. The van der Waals surface area contributed by atoms with Gasteiger partial charge in [0.25, 0.3) is 11.7 Å². The number of amides is 1. The van der Waals surface area contributed by atoms with E-state index in [9.17, 15) is 19.5 Å². The topological polar surface area (TPSA) is 93.1 Å². The number of esters is 1. The number of methoxy groups -OCH3 is 1. The van der Waals surface area contributed by atoms with Crippen LogP contribution < -0.4 is 4.74 Å². The first-order chi connectivity index (χ1) is 18.5. The molecule has 3 aromatic rings. The zero-order valence-electron chi connectivity index (χ0n) is 23.1. The van der Waals surface area contributed by atoms with Crippen molar-refractivity contribution < 1.29 is 29.0 Å². The number of carbonyl (C=O) groups excluding carboxylic acids is 3. The van der Waals surface area contributed by atoms with Crippen LogP contribution in [0, 0.1) is 20.8 Å². The Morgan fingerprint density at radius 1 is 0.974 bits per heavy atom. The number of benzene rings is 3. The first-order valence-electron chi connectivity index (χ1n) is 12.8. The van der Waals surface area contributed by atoms with Crippen LogP contribution in [0.3, 0.4) is 0 Å². The van der Waals surface area contributed by atoms with Gasteiger partial charge in [-0.1, -0.05) is 42.0 Å². The molecule has 7 nitrogen and oxygen atoms in total. The smallest absolute Gasteiger partial charge is 0.338 e. The Morgan fingerprint density at radius 3 is 2.28 bits per heavy atom. The lowest BCUT2D eigenvalue weighted by molar-refractivity contribution is -0.140. The molecule has 1 unspecified atom stereocenters. The molecule has 1 heterocycles. The summed E-state index contributed by atoms with van der Waals surface area (Å²) in [5, 5.41) is 11.5. The van der Waals surface area contributed by atoms with E-state index in [0.29, 0.717) is 22.4 Å². The van der Waals surface area contributed by atoms with Crippen LogP contribution in [-0.2, 0) is 20.9 Å². The molecular formula is C32H33NO6. The zero-order valence-corrected chi connectivity index (χ0v) is 23.1. The van der Waals surface area contributed by atoms with Gasteiger partial charge in [0.1, 0.15) is 11.5 Å². The second-order valence-electron chi connectivity index (χ2n) is 10.1. The summed E-state index contributed by atoms with van der Waals surface area (Å²) < 4.78 is 10.6. The predicted molar refractivity (Wildman–Crippen MR) is 148 cm³/mol. The molecule has 0 spiro atoms. The third-order valence-corrected chi connectivity index (χ3v) is 6.78. The van der Waals surface area contributed by atoms with E-state index in [-0.39, 0.29) is 24.0 Å². The summed E-state index contributed by atoms with van der Waals surface area (Å²) in [5.41, 5.74) is 4.82. The third-order valence-electron chi connectivity index (χ3n) is 6.78. The van der Waals surface area contributed by atoms with E-state index in [1.165, 1.54) is 4.90 Å². The predicted octanol–water partition coefficient (Wildman–Crippen LogP) is 5.81. The number of Topliss-reactive ketones (excluding diaryl/α,β-unsaturated/α-hetero) is 1. The highest BCUT2D eigenvalue weighted by atomic mass is 16.5. The van der Waals surface area contributed by atoms with Crippen LogP contribution >= 0.6 is 0 Å². The Bertz CT molecular complexity index is 1470. The molecule has 1 N–H and O–H groups in total. The lowest BCUT2D eigenvalue weighted by Gasteiger charge is -2.26. The van der Waals surface area contributed by atoms with E-state index in [4.69, 9.17) is 9.47 Å². The number of ether oxygens (including phenoxy) is 2. The van der Waals surface area contributed by atoms with Gasteiger partial charge in [0, 0.05) is 12.1 Å². The molecule has 1 atom stereocenters. The van der Waals surface area contributed by atoms with Gasteiger partial charge in [0.05, 0.1) is 30.4 Å². The summed E-state index contributed by atoms with van der Waals surface area (Å²) in [6.07, 6.45) is -0.239. The molecule has 0 radical (unpaired) electrons. The largest absolute Gasteiger partial charge is 0.507 e. The van der Waals surface area contributed by atoms with Gasteiger partial charge in [-0.15, -0.1) is 0 Å². The van der Waals surface area contributed by atoms with Gasteiger partial charge in [-0.05, 0) is 81.1 Å². The summed E-state index contributed by atoms with van der Waals surface area (Å²) in [7, 11) is 1.57. The van der Waals surface area contributed by atoms with Crippen LogP contribution in [0.5, 0.6) is 5.75 Å². The standard InChI is InChI=1S/C32H33NO6/c1-18(2)39-32(37)23-12-10-22(11-13-23)17-33-28(24-9-7-8-19(3)14-24)27(30(35)31(33)36)29(34)25-15-21(5)26(38-6)16-20(25)4/h7-16,18,28,34H,17H2,1-6H3/b29-27+. The molecule has 0 saturated carbocycles. The fourth-order valence-electron chi connectivity index (χ4n) is 4.86. The summed E-state index contributed by atoms with van der Waals surface area (Å²) in [4.78, 5) is 40.6. The Balaban J connectivity index is 1.79. The molecule has 3 aromatic carbocycles. The lowest BCUT2D eigenvalue weighted by Crippen LogP contribution is -2.29. The van der Waals surface area contributed by atoms with E-state index < -0.39 is 23.7 Å². The molecule has 1 saturated heterocycles. The average molecular weight is 528 g/mol. The van der Waals surface area contributed by atoms with Crippen molar-refractivity contribution in [3.8, 4) is 5.75 Å². The average Bonchev–Trinajstić information content (AvgIpc) is 3.14. The van der Waals surface area contributed by atoms with Crippen LogP contribution in [0.15, 0.2) is 66.2 Å². The number of nitrogens with zero attached hydrogens (tertiary/aromatic N) is 1. The quantitative estimate of drug-likeness (QED) is 0.180. The highest BCUT2D eigenvalue weighted by Crippen LogP contribution is 2.41. The summed E-state index contributed by atoms with van der Waals surface area (Å²) in [5.74, 6) is -1.43. The number of aliphatic hydroxyl groups is 1. The van der Waals surface area contributed by atoms with Gasteiger partial charge in [-0.3, -0.25) is 9.59 Å². The Hall–Kier alpha value is -4.39. The monoisotopic (exact) mass is 527 g/mol. The highest BCUT2D eigenvalue weighted by molar-refractivity contribution is 6.46. The molecule has 1 fully saturated rings. The van der Waals surface area contributed by atoms with Crippen LogP contribution in [0.2, 0.25) is 0 Å². The fraction of sp³-hybridized carbons (Fsp3) is 0.281. The number of rotatable bonds is 7. The second-order valence-corrected chi connectivity index (χ2v) is 10.1. The molecule has 1 aliphatic rings. The molecule has 0 aliphatic carbocycles. The van der Waals surface area contributed by atoms with E-state index in [1.807, 2.05) is 45.0 Å². The maximum atomic E-state index is 13.5. The highest BCUT2D eigenvalue weighted by Gasteiger charge is 2.46. The number of hydrogen-bond acceptors (Lipinski definition) is 6. The van der Waals surface area contributed by atoms with Crippen LogP contribution in [0.1, 0.15) is 63.6 Å². The normalized spacial score (nSPS) is 16.6. The number of carbonyl (C=O) groups is 3. The van der Waals surface area contributed by atoms with E-state index >= 15 is 0 Å². The number of ketones is 1. The first kappa shape index (κ1) is 27.6. The summed E-state index contributed by atoms with van der Waals surface area (Å²) in [6.45, 7) is 9.28. The SMILES string of the molecule is COc1cc(C)c(/C(O)=C2\C(=O)C(=O)N(Cc3ccc(C(=O)OC(C)C)cc3)C2c2cccc(C)c2)cc1C. The minimum absolute atomic E-state index is 0.0374. The number of hydrogen-bond donors (Lipinski definition) is 1. The summed E-state index contributed by atoms with van der Waals surface area (Å²) >= 11 is 0. The Labute approximate surface area is 228 Å². The van der Waals surface area contributed by atoms with Crippen molar-refractivity contribution in [2.45, 2.75) is 53.3 Å². The van der Waals surface area contributed by atoms with Gasteiger partial charge in [0.2, 0.25) is 0 Å². The number of aryl methyl sites for hydroxylation is 3. The minimum Gasteiger partial charge on any atom is -0.507 e. The van der Waals surface area contributed by atoms with Crippen LogP contribution in [0.4, 0.5) is 0 Å². The number of likely N-dealkylation sites (tertiary alicyclic amines) is 1. The van der Waals surface area contributed by atoms with Crippen molar-refractivity contribution in [3.05, 3.63) is 105 Å². The molecule has 7 heteroatoms. The van der Waals surface area contributed by atoms with E-state index in [2.05, 4.69) is 0 Å². The summed E-state index contributed by atoms with van der Waals surface area (Å²) in [6, 6.07) is 17.1. The fourth-order valence-corrected chi connectivity index (χ4v) is 4.86.